The van der Waals surface area contributed by atoms with Crippen LogP contribution in [0.1, 0.15) is 38.2 Å². The van der Waals surface area contributed by atoms with Crippen LogP contribution in [0.4, 0.5) is 8.78 Å². The topological polar surface area (TPSA) is 41.1 Å². The standard InChI is InChI=1S/C15H20F2N2O/c1-2-6-15(7-3-8-19-15)14(20)18-10-11-9-12(16)4-5-13(11)17/h4-5,9,19H,2-3,6-8,10H2,1H3,(H,18,20). The Morgan fingerprint density at radius 1 is 1.45 bits per heavy atom. The molecular weight excluding hydrogens is 262 g/mol. The molecule has 1 heterocycles. The largest absolute Gasteiger partial charge is 0.350 e. The molecule has 5 heteroatoms. The molecule has 1 aromatic rings. The second kappa shape index (κ2) is 6.31. The minimum absolute atomic E-state index is 0.00949. The van der Waals surface area contributed by atoms with E-state index < -0.39 is 17.2 Å². The van der Waals surface area contributed by atoms with Crippen molar-refractivity contribution in [1.29, 1.82) is 0 Å². The molecule has 0 bridgehead atoms. The van der Waals surface area contributed by atoms with Crippen LogP contribution in [-0.4, -0.2) is 18.0 Å². The first-order chi connectivity index (χ1) is 9.57. The molecular formula is C15H20F2N2O. The van der Waals surface area contributed by atoms with Gasteiger partial charge in [-0.3, -0.25) is 4.79 Å². The summed E-state index contributed by atoms with van der Waals surface area (Å²) in [5.41, 5.74) is -0.374. The van der Waals surface area contributed by atoms with Crippen molar-refractivity contribution in [2.45, 2.75) is 44.7 Å². The average molecular weight is 282 g/mol. The van der Waals surface area contributed by atoms with Crippen molar-refractivity contribution >= 4 is 5.91 Å². The summed E-state index contributed by atoms with van der Waals surface area (Å²) in [7, 11) is 0. The fourth-order valence-corrected chi connectivity index (χ4v) is 2.78. The van der Waals surface area contributed by atoms with Crippen molar-refractivity contribution in [3.8, 4) is 0 Å². The van der Waals surface area contributed by atoms with Crippen LogP contribution in [0.3, 0.4) is 0 Å². The van der Waals surface area contributed by atoms with Crippen LogP contribution in [0.5, 0.6) is 0 Å². The highest BCUT2D eigenvalue weighted by molar-refractivity contribution is 5.86. The summed E-state index contributed by atoms with van der Waals surface area (Å²) in [4.78, 5) is 12.3. The number of benzene rings is 1. The molecule has 20 heavy (non-hydrogen) atoms. The normalized spacial score (nSPS) is 21.9. The zero-order chi connectivity index (χ0) is 14.6. The molecule has 0 spiro atoms. The zero-order valence-corrected chi connectivity index (χ0v) is 11.6. The third-order valence-electron chi connectivity index (χ3n) is 3.80. The predicted molar refractivity (Wildman–Crippen MR) is 73.1 cm³/mol. The van der Waals surface area contributed by atoms with Crippen LogP contribution in [0.25, 0.3) is 0 Å². The number of nitrogens with one attached hydrogen (secondary N) is 2. The second-order valence-corrected chi connectivity index (χ2v) is 5.28. The third-order valence-corrected chi connectivity index (χ3v) is 3.80. The highest BCUT2D eigenvalue weighted by Gasteiger charge is 2.39. The Balaban J connectivity index is 2.02. The smallest absolute Gasteiger partial charge is 0.240 e. The van der Waals surface area contributed by atoms with Gasteiger partial charge >= 0.3 is 0 Å². The van der Waals surface area contributed by atoms with Crippen molar-refractivity contribution in [1.82, 2.24) is 10.6 Å². The SMILES string of the molecule is CCCC1(C(=O)NCc2cc(F)ccc2F)CCCN1. The van der Waals surface area contributed by atoms with Crippen molar-refractivity contribution in [3.05, 3.63) is 35.4 Å². The van der Waals surface area contributed by atoms with Crippen molar-refractivity contribution in [2.24, 2.45) is 0 Å². The Hall–Kier alpha value is -1.49. The predicted octanol–water partition coefficient (Wildman–Crippen LogP) is 2.50. The minimum Gasteiger partial charge on any atom is -0.350 e. The van der Waals surface area contributed by atoms with Gasteiger partial charge in [0.05, 0.1) is 5.54 Å². The second-order valence-electron chi connectivity index (χ2n) is 5.28. The Morgan fingerprint density at radius 2 is 2.25 bits per heavy atom. The lowest BCUT2D eigenvalue weighted by Crippen LogP contribution is -2.53. The maximum atomic E-state index is 13.5. The zero-order valence-electron chi connectivity index (χ0n) is 11.6. The fraction of sp³-hybridized carbons (Fsp3) is 0.533. The summed E-state index contributed by atoms with van der Waals surface area (Å²) in [6.45, 7) is 2.86. The Bertz CT molecular complexity index is 485. The van der Waals surface area contributed by atoms with Gasteiger partial charge in [0.25, 0.3) is 0 Å². The van der Waals surface area contributed by atoms with E-state index in [1.165, 1.54) is 0 Å². The summed E-state index contributed by atoms with van der Waals surface area (Å²) in [6.07, 6.45) is 3.40. The molecule has 110 valence electrons. The van der Waals surface area contributed by atoms with Gasteiger partial charge < -0.3 is 10.6 Å². The van der Waals surface area contributed by atoms with E-state index in [9.17, 15) is 13.6 Å². The molecule has 1 fully saturated rings. The van der Waals surface area contributed by atoms with Gasteiger partial charge in [-0.15, -0.1) is 0 Å². The quantitative estimate of drug-likeness (QED) is 0.871. The lowest BCUT2D eigenvalue weighted by atomic mass is 9.91. The lowest BCUT2D eigenvalue weighted by molar-refractivity contribution is -0.127. The number of carbonyl (C=O) groups is 1. The van der Waals surface area contributed by atoms with E-state index >= 15 is 0 Å². The molecule has 1 unspecified atom stereocenters. The Morgan fingerprint density at radius 3 is 2.90 bits per heavy atom. The molecule has 0 aromatic heterocycles. The fourth-order valence-electron chi connectivity index (χ4n) is 2.78. The third kappa shape index (κ3) is 3.15. The van der Waals surface area contributed by atoms with Gasteiger partial charge in [-0.05, 0) is 44.0 Å². The van der Waals surface area contributed by atoms with Gasteiger partial charge in [-0.2, -0.15) is 0 Å². The van der Waals surface area contributed by atoms with E-state index in [4.69, 9.17) is 0 Å². The first-order valence-corrected chi connectivity index (χ1v) is 7.04. The maximum absolute atomic E-state index is 13.5. The Kier molecular flexibility index (Phi) is 4.70. The van der Waals surface area contributed by atoms with Crippen LogP contribution in [0.2, 0.25) is 0 Å². The number of hydrogen-bond donors (Lipinski definition) is 2. The summed E-state index contributed by atoms with van der Waals surface area (Å²) in [5, 5.41) is 5.98. The molecule has 1 atom stereocenters. The van der Waals surface area contributed by atoms with Crippen molar-refractivity contribution in [2.75, 3.05) is 6.54 Å². The number of carbonyl (C=O) groups excluding carboxylic acids is 1. The van der Waals surface area contributed by atoms with Crippen LogP contribution < -0.4 is 10.6 Å². The number of halogens is 2. The monoisotopic (exact) mass is 282 g/mol. The summed E-state index contributed by atoms with van der Waals surface area (Å²) in [5.74, 6) is -1.13. The summed E-state index contributed by atoms with van der Waals surface area (Å²) in [6, 6.07) is 3.26. The molecule has 0 radical (unpaired) electrons. The molecule has 1 aromatic carbocycles. The molecule has 1 amide bonds. The number of hydrogen-bond acceptors (Lipinski definition) is 2. The molecule has 3 nitrogen and oxygen atoms in total. The van der Waals surface area contributed by atoms with Crippen molar-refractivity contribution in [3.63, 3.8) is 0 Å². The molecule has 0 saturated carbocycles. The molecule has 1 saturated heterocycles. The summed E-state index contributed by atoms with van der Waals surface area (Å²) >= 11 is 0. The van der Waals surface area contributed by atoms with E-state index in [0.717, 1.165) is 50.4 Å². The first kappa shape index (κ1) is 14.9. The van der Waals surface area contributed by atoms with E-state index in [2.05, 4.69) is 10.6 Å². The van der Waals surface area contributed by atoms with E-state index in [1.54, 1.807) is 0 Å². The molecule has 2 N–H and O–H groups in total. The van der Waals surface area contributed by atoms with E-state index in [-0.39, 0.29) is 18.0 Å². The highest BCUT2D eigenvalue weighted by Crippen LogP contribution is 2.25. The van der Waals surface area contributed by atoms with Crippen LogP contribution in [0.15, 0.2) is 18.2 Å². The summed E-state index contributed by atoms with van der Waals surface area (Å²) < 4.78 is 26.6. The molecule has 0 aliphatic carbocycles. The lowest BCUT2D eigenvalue weighted by Gasteiger charge is -2.27. The molecule has 1 aliphatic rings. The molecule has 2 rings (SSSR count). The van der Waals surface area contributed by atoms with E-state index in [0.29, 0.717) is 0 Å². The van der Waals surface area contributed by atoms with Gasteiger partial charge in [0.1, 0.15) is 11.6 Å². The number of rotatable bonds is 5. The van der Waals surface area contributed by atoms with E-state index in [1.807, 2.05) is 6.92 Å². The average Bonchev–Trinajstić information content (AvgIpc) is 2.90. The van der Waals surface area contributed by atoms with Crippen LogP contribution in [0, 0.1) is 11.6 Å². The Labute approximate surface area is 117 Å². The van der Waals surface area contributed by atoms with Crippen LogP contribution >= 0.6 is 0 Å². The maximum Gasteiger partial charge on any atom is 0.240 e. The molecule has 1 aliphatic heterocycles. The van der Waals surface area contributed by atoms with Gasteiger partial charge in [0, 0.05) is 12.1 Å². The first-order valence-electron chi connectivity index (χ1n) is 7.04. The highest BCUT2D eigenvalue weighted by atomic mass is 19.1. The minimum atomic E-state index is -0.543. The van der Waals surface area contributed by atoms with Gasteiger partial charge in [-0.1, -0.05) is 13.3 Å². The van der Waals surface area contributed by atoms with Gasteiger partial charge in [0.15, 0.2) is 0 Å². The number of amides is 1. The van der Waals surface area contributed by atoms with Gasteiger partial charge in [-0.25, -0.2) is 8.78 Å². The van der Waals surface area contributed by atoms with Crippen molar-refractivity contribution < 1.29 is 13.6 Å². The van der Waals surface area contributed by atoms with Crippen LogP contribution in [-0.2, 0) is 11.3 Å². The van der Waals surface area contributed by atoms with Gasteiger partial charge in [0.2, 0.25) is 5.91 Å².